The molecule has 0 aliphatic heterocycles. The number of hydrogen-bond acceptors (Lipinski definition) is 3. The van der Waals surface area contributed by atoms with Crippen LogP contribution in [0.15, 0.2) is 48.7 Å². The summed E-state index contributed by atoms with van der Waals surface area (Å²) in [7, 11) is 0. The number of anilines is 3. The Morgan fingerprint density at radius 2 is 1.85 bits per heavy atom. The summed E-state index contributed by atoms with van der Waals surface area (Å²) in [6.45, 7) is 0. The second-order valence-corrected chi connectivity index (χ2v) is 5.17. The molecule has 100 valence electrons. The van der Waals surface area contributed by atoms with E-state index in [-0.39, 0.29) is 0 Å². The van der Waals surface area contributed by atoms with E-state index in [2.05, 4.69) is 10.3 Å². The molecule has 0 bridgehead atoms. The smallest absolute Gasteiger partial charge is 0.0724 e. The van der Waals surface area contributed by atoms with Gasteiger partial charge in [0.15, 0.2) is 0 Å². The highest BCUT2D eigenvalue weighted by atomic mass is 35.5. The van der Waals surface area contributed by atoms with Gasteiger partial charge >= 0.3 is 0 Å². The number of aromatic nitrogens is 1. The zero-order valence-electron chi connectivity index (χ0n) is 10.4. The van der Waals surface area contributed by atoms with Gasteiger partial charge in [-0.2, -0.15) is 0 Å². The summed E-state index contributed by atoms with van der Waals surface area (Å²) in [4.78, 5) is 4.27. The molecule has 3 nitrogen and oxygen atoms in total. The van der Waals surface area contributed by atoms with Gasteiger partial charge in [0.05, 0.1) is 26.9 Å². The van der Waals surface area contributed by atoms with E-state index in [0.717, 1.165) is 22.3 Å². The van der Waals surface area contributed by atoms with Crippen molar-refractivity contribution in [2.75, 3.05) is 11.1 Å². The van der Waals surface area contributed by atoms with E-state index in [4.69, 9.17) is 28.9 Å². The molecule has 20 heavy (non-hydrogen) atoms. The Labute approximate surface area is 126 Å². The van der Waals surface area contributed by atoms with Crippen LogP contribution in [0.1, 0.15) is 0 Å². The number of halogens is 2. The topological polar surface area (TPSA) is 50.9 Å². The van der Waals surface area contributed by atoms with Gasteiger partial charge in [0.2, 0.25) is 0 Å². The second-order valence-electron chi connectivity index (χ2n) is 4.35. The lowest BCUT2D eigenvalue weighted by molar-refractivity contribution is 1.41. The Kier molecular flexibility index (Phi) is 3.38. The molecule has 2 aromatic carbocycles. The molecular formula is C15H11Cl2N3. The van der Waals surface area contributed by atoms with Gasteiger partial charge < -0.3 is 11.1 Å². The van der Waals surface area contributed by atoms with Gasteiger partial charge in [-0.05, 0) is 42.5 Å². The first-order valence-electron chi connectivity index (χ1n) is 6.00. The fraction of sp³-hybridized carbons (Fsp3) is 0. The second kappa shape index (κ2) is 5.19. The van der Waals surface area contributed by atoms with Gasteiger partial charge in [0.1, 0.15) is 0 Å². The third-order valence-electron chi connectivity index (χ3n) is 3.03. The molecule has 0 spiro atoms. The molecule has 0 radical (unpaired) electrons. The molecule has 1 heterocycles. The standard InChI is InChI=1S/C15H11Cl2N3/c16-11-4-3-9(8-12(11)17)20-14-6-5-13-10(15(14)18)2-1-7-19-13/h1-8,20H,18H2. The molecule has 0 saturated carbocycles. The van der Waals surface area contributed by atoms with Crippen molar-refractivity contribution >= 4 is 51.2 Å². The Bertz CT molecular complexity index is 787. The highest BCUT2D eigenvalue weighted by molar-refractivity contribution is 6.42. The largest absolute Gasteiger partial charge is 0.396 e. The van der Waals surface area contributed by atoms with Crippen molar-refractivity contribution in [3.05, 3.63) is 58.7 Å². The molecule has 3 N–H and O–H groups in total. The van der Waals surface area contributed by atoms with Crippen molar-refractivity contribution in [1.82, 2.24) is 4.98 Å². The number of benzene rings is 2. The maximum absolute atomic E-state index is 6.17. The SMILES string of the molecule is Nc1c(Nc2ccc(Cl)c(Cl)c2)ccc2ncccc12. The normalized spacial score (nSPS) is 10.7. The van der Waals surface area contributed by atoms with E-state index >= 15 is 0 Å². The molecular weight excluding hydrogens is 293 g/mol. The van der Waals surface area contributed by atoms with Gasteiger partial charge in [0, 0.05) is 17.3 Å². The molecule has 5 heteroatoms. The van der Waals surface area contributed by atoms with E-state index in [0.29, 0.717) is 15.7 Å². The quantitative estimate of drug-likeness (QED) is 0.664. The predicted octanol–water partition coefficient (Wildman–Crippen LogP) is 4.87. The van der Waals surface area contributed by atoms with Crippen molar-refractivity contribution in [3.8, 4) is 0 Å². The number of hydrogen-bond donors (Lipinski definition) is 2. The minimum Gasteiger partial charge on any atom is -0.396 e. The van der Waals surface area contributed by atoms with Crippen molar-refractivity contribution in [1.29, 1.82) is 0 Å². The van der Waals surface area contributed by atoms with E-state index in [1.54, 1.807) is 18.3 Å². The van der Waals surface area contributed by atoms with E-state index in [1.807, 2.05) is 30.3 Å². The molecule has 0 atom stereocenters. The predicted molar refractivity (Wildman–Crippen MR) is 85.9 cm³/mol. The highest BCUT2D eigenvalue weighted by Gasteiger charge is 2.06. The number of nitrogen functional groups attached to an aromatic ring is 1. The summed E-state index contributed by atoms with van der Waals surface area (Å²) in [5, 5.41) is 5.17. The van der Waals surface area contributed by atoms with Crippen LogP contribution in [0.3, 0.4) is 0 Å². The number of pyridine rings is 1. The maximum atomic E-state index is 6.17. The first kappa shape index (κ1) is 13.0. The van der Waals surface area contributed by atoms with Crippen molar-refractivity contribution in [3.63, 3.8) is 0 Å². The summed E-state index contributed by atoms with van der Waals surface area (Å²) in [6, 6.07) is 13.0. The van der Waals surface area contributed by atoms with Gasteiger partial charge in [0.25, 0.3) is 0 Å². The molecule has 0 aliphatic rings. The number of fused-ring (bicyclic) bond motifs is 1. The Morgan fingerprint density at radius 3 is 2.65 bits per heavy atom. The molecule has 1 aromatic heterocycles. The van der Waals surface area contributed by atoms with Crippen LogP contribution in [0.25, 0.3) is 10.9 Å². The summed E-state index contributed by atoms with van der Waals surface area (Å²) in [5.41, 5.74) is 9.33. The average Bonchev–Trinajstić information content (AvgIpc) is 2.46. The minimum absolute atomic E-state index is 0.498. The molecule has 0 saturated heterocycles. The molecule has 0 unspecified atom stereocenters. The number of nitrogens with one attached hydrogen (secondary N) is 1. The van der Waals surface area contributed by atoms with Crippen LogP contribution >= 0.6 is 23.2 Å². The minimum atomic E-state index is 0.498. The number of rotatable bonds is 2. The van der Waals surface area contributed by atoms with Gasteiger partial charge in [-0.1, -0.05) is 23.2 Å². The van der Waals surface area contributed by atoms with Gasteiger partial charge in [-0.3, -0.25) is 4.98 Å². The molecule has 0 aliphatic carbocycles. The van der Waals surface area contributed by atoms with E-state index in [1.165, 1.54) is 0 Å². The van der Waals surface area contributed by atoms with Crippen molar-refractivity contribution in [2.45, 2.75) is 0 Å². The first-order chi connectivity index (χ1) is 9.65. The van der Waals surface area contributed by atoms with Crippen LogP contribution in [-0.2, 0) is 0 Å². The zero-order chi connectivity index (χ0) is 14.1. The molecule has 0 fully saturated rings. The molecule has 3 rings (SSSR count). The fourth-order valence-electron chi connectivity index (χ4n) is 2.01. The third kappa shape index (κ3) is 2.38. The Hall–Kier alpha value is -1.97. The average molecular weight is 304 g/mol. The summed E-state index contributed by atoms with van der Waals surface area (Å²) in [5.74, 6) is 0. The Balaban J connectivity index is 2.02. The van der Waals surface area contributed by atoms with Crippen LogP contribution in [0.5, 0.6) is 0 Å². The molecule has 0 amide bonds. The zero-order valence-corrected chi connectivity index (χ0v) is 11.9. The monoisotopic (exact) mass is 303 g/mol. The van der Waals surface area contributed by atoms with E-state index in [9.17, 15) is 0 Å². The Morgan fingerprint density at radius 1 is 1.00 bits per heavy atom. The van der Waals surface area contributed by atoms with Gasteiger partial charge in [-0.15, -0.1) is 0 Å². The van der Waals surface area contributed by atoms with Crippen molar-refractivity contribution < 1.29 is 0 Å². The van der Waals surface area contributed by atoms with Crippen LogP contribution in [0.2, 0.25) is 10.0 Å². The van der Waals surface area contributed by atoms with Crippen LogP contribution in [0.4, 0.5) is 17.1 Å². The van der Waals surface area contributed by atoms with Crippen LogP contribution in [-0.4, -0.2) is 4.98 Å². The summed E-state index contributed by atoms with van der Waals surface area (Å²) < 4.78 is 0. The fourth-order valence-corrected chi connectivity index (χ4v) is 2.31. The summed E-state index contributed by atoms with van der Waals surface area (Å²) >= 11 is 11.9. The highest BCUT2D eigenvalue weighted by Crippen LogP contribution is 2.32. The third-order valence-corrected chi connectivity index (χ3v) is 3.76. The van der Waals surface area contributed by atoms with Gasteiger partial charge in [-0.25, -0.2) is 0 Å². The molecule has 3 aromatic rings. The van der Waals surface area contributed by atoms with E-state index < -0.39 is 0 Å². The first-order valence-corrected chi connectivity index (χ1v) is 6.76. The maximum Gasteiger partial charge on any atom is 0.0724 e. The number of nitrogens with two attached hydrogens (primary N) is 1. The lowest BCUT2D eigenvalue weighted by Crippen LogP contribution is -1.97. The summed E-state index contributed by atoms with van der Waals surface area (Å²) in [6.07, 6.45) is 1.74. The lowest BCUT2D eigenvalue weighted by Gasteiger charge is -2.12. The van der Waals surface area contributed by atoms with Crippen LogP contribution < -0.4 is 11.1 Å². The number of nitrogens with zero attached hydrogens (tertiary/aromatic N) is 1. The van der Waals surface area contributed by atoms with Crippen molar-refractivity contribution in [2.24, 2.45) is 0 Å². The lowest BCUT2D eigenvalue weighted by atomic mass is 10.1. The van der Waals surface area contributed by atoms with Crippen LogP contribution in [0, 0.1) is 0 Å².